The van der Waals surface area contributed by atoms with Crippen LogP contribution in [0.25, 0.3) is 0 Å². The van der Waals surface area contributed by atoms with E-state index in [1.165, 1.54) is 24.3 Å². The van der Waals surface area contributed by atoms with E-state index in [-0.39, 0.29) is 17.0 Å². The summed E-state index contributed by atoms with van der Waals surface area (Å²) in [4.78, 5) is 11.6. The van der Waals surface area contributed by atoms with Gasteiger partial charge in [-0.05, 0) is 31.4 Å². The van der Waals surface area contributed by atoms with Gasteiger partial charge in [-0.3, -0.25) is 4.79 Å². The summed E-state index contributed by atoms with van der Waals surface area (Å²) in [5.41, 5.74) is -0.149. The van der Waals surface area contributed by atoms with Crippen LogP contribution in [0, 0.1) is 0 Å². The third kappa shape index (κ3) is 4.77. The minimum atomic E-state index is -4.70. The van der Waals surface area contributed by atoms with Crippen molar-refractivity contribution in [3.8, 4) is 0 Å². The Morgan fingerprint density at radius 3 is 2.37 bits per heavy atom. The highest BCUT2D eigenvalue weighted by Gasteiger charge is 2.41. The van der Waals surface area contributed by atoms with E-state index >= 15 is 0 Å². The molecule has 1 aromatic carbocycles. The first-order chi connectivity index (χ1) is 8.96. The number of halogens is 3. The van der Waals surface area contributed by atoms with Gasteiger partial charge in [-0.25, -0.2) is 4.90 Å². The molecule has 0 saturated carbocycles. The second kappa shape index (κ2) is 6.97. The predicted molar refractivity (Wildman–Crippen MR) is 68.6 cm³/mol. The van der Waals surface area contributed by atoms with E-state index in [4.69, 9.17) is 0 Å². The summed E-state index contributed by atoms with van der Waals surface area (Å²) >= 11 is 0. The fraction of sp³-hybridized carbons (Fsp3) is 0.357. The maximum Gasteiger partial charge on any atom is 0.491 e. The summed E-state index contributed by atoms with van der Waals surface area (Å²) in [7, 11) is 0. The molecule has 0 heterocycles. The normalized spacial score (nSPS) is 11.1. The van der Waals surface area contributed by atoms with Crippen LogP contribution in [0.5, 0.6) is 0 Å². The third-order valence-corrected chi connectivity index (χ3v) is 2.57. The molecule has 0 aliphatic carbocycles. The van der Waals surface area contributed by atoms with Crippen LogP contribution in [0.2, 0.25) is 0 Å². The summed E-state index contributed by atoms with van der Waals surface area (Å²) in [6.45, 7) is 3.52. The van der Waals surface area contributed by atoms with Gasteiger partial charge in [-0.2, -0.15) is 0 Å². The fourth-order valence-electron chi connectivity index (χ4n) is 1.69. The van der Waals surface area contributed by atoms with Crippen LogP contribution in [0.4, 0.5) is 18.9 Å². The molecule has 5 heteroatoms. The lowest BCUT2D eigenvalue weighted by Gasteiger charge is -2.25. The van der Waals surface area contributed by atoms with Crippen molar-refractivity contribution < 1.29 is 18.0 Å². The average molecular weight is 271 g/mol. The molecule has 1 amide bonds. The van der Waals surface area contributed by atoms with Crippen LogP contribution in [-0.4, -0.2) is 12.2 Å². The quantitative estimate of drug-likeness (QED) is 0.429. The van der Waals surface area contributed by atoms with Crippen molar-refractivity contribution in [2.45, 2.75) is 32.0 Å². The van der Waals surface area contributed by atoms with Crippen LogP contribution in [-0.2, 0) is 4.79 Å². The summed E-state index contributed by atoms with van der Waals surface area (Å²) in [6.07, 6.45) is -1.35. The topological polar surface area (TPSA) is 20.3 Å². The number of hydrogen-bond acceptors (Lipinski definition) is 1. The van der Waals surface area contributed by atoms with Crippen LogP contribution in [0.1, 0.15) is 25.7 Å². The van der Waals surface area contributed by atoms with Gasteiger partial charge in [0.25, 0.3) is 0 Å². The number of alkyl halides is 3. The molecule has 104 valence electrons. The minimum Gasteiger partial charge on any atom is -0.274 e. The van der Waals surface area contributed by atoms with Crippen molar-refractivity contribution in [2.75, 3.05) is 4.90 Å². The van der Waals surface area contributed by atoms with Crippen molar-refractivity contribution >= 4 is 11.6 Å². The summed E-state index contributed by atoms with van der Waals surface area (Å²) < 4.78 is 38.8. The SMILES string of the molecule is C=CCCCCC(=O)N(c1ccccc1)C(F)(F)F. The Bertz CT molecular complexity index is 414. The molecule has 2 nitrogen and oxygen atoms in total. The third-order valence-electron chi connectivity index (χ3n) is 2.57. The predicted octanol–water partition coefficient (Wildman–Crippen LogP) is 4.29. The zero-order valence-electron chi connectivity index (χ0n) is 10.5. The van der Waals surface area contributed by atoms with Gasteiger partial charge in [0.15, 0.2) is 0 Å². The van der Waals surface area contributed by atoms with Crippen LogP contribution < -0.4 is 4.90 Å². The van der Waals surface area contributed by atoms with E-state index in [9.17, 15) is 18.0 Å². The molecule has 0 N–H and O–H groups in total. The second-order valence-electron chi connectivity index (χ2n) is 4.07. The van der Waals surface area contributed by atoms with Gasteiger partial charge in [0.2, 0.25) is 5.91 Å². The van der Waals surface area contributed by atoms with Crippen molar-refractivity contribution in [3.63, 3.8) is 0 Å². The Hall–Kier alpha value is -1.78. The van der Waals surface area contributed by atoms with Gasteiger partial charge in [-0.15, -0.1) is 19.8 Å². The molecule has 0 bridgehead atoms. The first kappa shape index (κ1) is 15.3. The van der Waals surface area contributed by atoms with Crippen LogP contribution in [0.15, 0.2) is 43.0 Å². The van der Waals surface area contributed by atoms with Gasteiger partial charge >= 0.3 is 6.30 Å². The van der Waals surface area contributed by atoms with E-state index in [0.717, 1.165) is 0 Å². The number of carbonyl (C=O) groups excluding carboxylic acids is 1. The molecule has 0 spiro atoms. The Morgan fingerprint density at radius 2 is 1.84 bits per heavy atom. The Morgan fingerprint density at radius 1 is 1.21 bits per heavy atom. The molecule has 0 aliphatic heterocycles. The highest BCUT2D eigenvalue weighted by molar-refractivity contribution is 5.93. The van der Waals surface area contributed by atoms with Gasteiger partial charge in [-0.1, -0.05) is 24.3 Å². The first-order valence-corrected chi connectivity index (χ1v) is 6.02. The van der Waals surface area contributed by atoms with E-state index in [0.29, 0.717) is 19.3 Å². The summed E-state index contributed by atoms with van der Waals surface area (Å²) in [6, 6.07) is 7.09. The van der Waals surface area contributed by atoms with Crippen molar-refractivity contribution in [3.05, 3.63) is 43.0 Å². The monoisotopic (exact) mass is 271 g/mol. The zero-order valence-corrected chi connectivity index (χ0v) is 10.5. The second-order valence-corrected chi connectivity index (χ2v) is 4.07. The number of carbonyl (C=O) groups is 1. The maximum absolute atomic E-state index is 12.9. The molecular weight excluding hydrogens is 255 g/mol. The highest BCUT2D eigenvalue weighted by Crippen LogP contribution is 2.29. The van der Waals surface area contributed by atoms with Crippen molar-refractivity contribution in [1.29, 1.82) is 0 Å². The lowest BCUT2D eigenvalue weighted by atomic mass is 10.1. The molecule has 0 saturated heterocycles. The van der Waals surface area contributed by atoms with E-state index < -0.39 is 12.2 Å². The molecule has 19 heavy (non-hydrogen) atoms. The smallest absolute Gasteiger partial charge is 0.274 e. The molecule has 0 aromatic heterocycles. The van der Waals surface area contributed by atoms with Gasteiger partial charge in [0.05, 0.1) is 5.69 Å². The first-order valence-electron chi connectivity index (χ1n) is 6.02. The standard InChI is InChI=1S/C14H16F3NO/c1-2-3-4-8-11-13(19)18(14(15,16)17)12-9-6-5-7-10-12/h2,5-7,9-10H,1,3-4,8,11H2. The number of nitrogens with zero attached hydrogens (tertiary/aromatic N) is 1. The minimum absolute atomic E-state index is 0.0963. The Balaban J connectivity index is 2.76. The molecule has 1 aromatic rings. The Labute approximate surface area is 110 Å². The van der Waals surface area contributed by atoms with E-state index in [1.54, 1.807) is 12.1 Å². The lowest BCUT2D eigenvalue weighted by molar-refractivity contribution is -0.150. The zero-order chi connectivity index (χ0) is 14.3. The Kier molecular flexibility index (Phi) is 5.60. The molecule has 0 atom stereocenters. The van der Waals surface area contributed by atoms with Crippen LogP contribution >= 0.6 is 0 Å². The number of benzene rings is 1. The van der Waals surface area contributed by atoms with E-state index in [2.05, 4.69) is 6.58 Å². The van der Waals surface area contributed by atoms with Crippen molar-refractivity contribution in [2.24, 2.45) is 0 Å². The molecule has 0 radical (unpaired) electrons. The molecule has 1 rings (SSSR count). The van der Waals surface area contributed by atoms with E-state index in [1.807, 2.05) is 0 Å². The average Bonchev–Trinajstić information content (AvgIpc) is 2.34. The van der Waals surface area contributed by atoms with Crippen LogP contribution in [0.3, 0.4) is 0 Å². The summed E-state index contributed by atoms with van der Waals surface area (Å²) in [5.74, 6) is -0.928. The summed E-state index contributed by atoms with van der Waals surface area (Å²) in [5, 5.41) is 0. The number of allylic oxidation sites excluding steroid dienone is 1. The number of anilines is 1. The number of para-hydroxylation sites is 1. The number of hydrogen-bond donors (Lipinski definition) is 0. The van der Waals surface area contributed by atoms with Gasteiger partial charge in [0, 0.05) is 6.42 Å². The highest BCUT2D eigenvalue weighted by atomic mass is 19.4. The number of rotatable bonds is 6. The van der Waals surface area contributed by atoms with Crippen molar-refractivity contribution in [1.82, 2.24) is 0 Å². The van der Waals surface area contributed by atoms with Gasteiger partial charge < -0.3 is 0 Å². The fourth-order valence-corrected chi connectivity index (χ4v) is 1.69. The molecule has 0 aliphatic rings. The molecule has 0 fully saturated rings. The number of unbranched alkanes of at least 4 members (excludes halogenated alkanes) is 2. The maximum atomic E-state index is 12.9. The lowest BCUT2D eigenvalue weighted by Crippen LogP contribution is -2.43. The molecule has 0 unspecified atom stereocenters. The molecular formula is C14H16F3NO. The number of amides is 1. The van der Waals surface area contributed by atoms with Gasteiger partial charge in [0.1, 0.15) is 0 Å². The largest absolute Gasteiger partial charge is 0.491 e.